The molecule has 0 spiro atoms. The first-order valence-corrected chi connectivity index (χ1v) is 10.5. The number of thioether (sulfide) groups is 1. The zero-order chi connectivity index (χ0) is 19.8. The summed E-state index contributed by atoms with van der Waals surface area (Å²) in [6, 6.07) is 7.28. The number of amides is 1. The third-order valence-electron chi connectivity index (χ3n) is 4.59. The minimum atomic E-state index is -0.429. The van der Waals surface area contributed by atoms with Gasteiger partial charge in [-0.2, -0.15) is 0 Å². The quantitative estimate of drug-likeness (QED) is 0.308. The molecule has 2 atom stereocenters. The smallest absolute Gasteiger partial charge is 0.292 e. The van der Waals surface area contributed by atoms with Gasteiger partial charge < -0.3 is 15.5 Å². The molecule has 7 nitrogen and oxygen atoms in total. The highest BCUT2D eigenvalue weighted by molar-refractivity contribution is 8.23. The number of nitro groups is 1. The van der Waals surface area contributed by atoms with E-state index >= 15 is 0 Å². The van der Waals surface area contributed by atoms with Crippen LogP contribution in [0.1, 0.15) is 33.1 Å². The van der Waals surface area contributed by atoms with Crippen LogP contribution < -0.4 is 10.6 Å². The van der Waals surface area contributed by atoms with Crippen molar-refractivity contribution >= 4 is 45.6 Å². The van der Waals surface area contributed by atoms with Crippen molar-refractivity contribution < 1.29 is 9.72 Å². The Morgan fingerprint density at radius 2 is 1.96 bits per heavy atom. The van der Waals surface area contributed by atoms with Gasteiger partial charge in [0.1, 0.15) is 10.0 Å². The van der Waals surface area contributed by atoms with Crippen LogP contribution in [-0.2, 0) is 4.79 Å². The van der Waals surface area contributed by atoms with Crippen LogP contribution in [0, 0.1) is 10.1 Å². The van der Waals surface area contributed by atoms with Crippen molar-refractivity contribution in [1.82, 2.24) is 10.2 Å². The van der Waals surface area contributed by atoms with E-state index in [1.807, 2.05) is 0 Å². The summed E-state index contributed by atoms with van der Waals surface area (Å²) in [7, 11) is 0. The van der Waals surface area contributed by atoms with Gasteiger partial charge >= 0.3 is 0 Å². The standard InChI is InChI=1S/C18H26N4O3S2/c1-13-6-5-7-14(2)21(13)18(26)27-12-17(23)20-11-10-19-15-8-3-4-9-16(15)22(24)25/h3-4,8-9,13-14,19H,5-7,10-12H2,1-2H3,(H,20,23)/t13-,14+. The Morgan fingerprint density at radius 3 is 2.63 bits per heavy atom. The second kappa shape index (κ2) is 10.5. The number of carbonyl (C=O) groups is 1. The fourth-order valence-corrected chi connectivity index (χ4v) is 4.62. The molecule has 1 aromatic rings. The lowest BCUT2D eigenvalue weighted by atomic mass is 9.99. The average Bonchev–Trinajstić information content (AvgIpc) is 2.63. The third-order valence-corrected chi connectivity index (χ3v) is 6.02. The number of anilines is 1. The fraction of sp³-hybridized carbons (Fsp3) is 0.556. The van der Waals surface area contributed by atoms with E-state index in [4.69, 9.17) is 12.2 Å². The van der Waals surface area contributed by atoms with E-state index in [0.717, 1.165) is 17.2 Å². The van der Waals surface area contributed by atoms with Gasteiger partial charge in [-0.1, -0.05) is 36.1 Å². The minimum Gasteiger partial charge on any atom is -0.378 e. The van der Waals surface area contributed by atoms with Gasteiger partial charge in [-0.3, -0.25) is 14.9 Å². The monoisotopic (exact) mass is 410 g/mol. The molecule has 0 aromatic heterocycles. The Balaban J connectivity index is 1.69. The molecule has 1 aliphatic heterocycles. The summed E-state index contributed by atoms with van der Waals surface area (Å²) in [6.07, 6.45) is 3.49. The summed E-state index contributed by atoms with van der Waals surface area (Å²) in [6.45, 7) is 5.15. The molecule has 0 saturated carbocycles. The molecule has 2 N–H and O–H groups in total. The molecule has 1 heterocycles. The van der Waals surface area contributed by atoms with Gasteiger partial charge in [0.2, 0.25) is 5.91 Å². The molecule has 27 heavy (non-hydrogen) atoms. The largest absolute Gasteiger partial charge is 0.378 e. The van der Waals surface area contributed by atoms with Crippen LogP contribution in [0.5, 0.6) is 0 Å². The SMILES string of the molecule is C[C@@H]1CCC[C@H](C)N1C(=S)SCC(=O)NCCNc1ccccc1[N+](=O)[O-]. The molecule has 1 fully saturated rings. The van der Waals surface area contributed by atoms with Gasteiger partial charge in [-0.05, 0) is 39.2 Å². The predicted octanol–water partition coefficient (Wildman–Crippen LogP) is 3.40. The number of likely N-dealkylation sites (tertiary alicyclic amines) is 1. The lowest BCUT2D eigenvalue weighted by Crippen LogP contribution is -2.46. The highest BCUT2D eigenvalue weighted by atomic mass is 32.2. The number of thiocarbonyl (C=S) groups is 1. The zero-order valence-electron chi connectivity index (χ0n) is 15.6. The number of hydrogen-bond donors (Lipinski definition) is 2. The van der Waals surface area contributed by atoms with Crippen molar-refractivity contribution in [1.29, 1.82) is 0 Å². The zero-order valence-corrected chi connectivity index (χ0v) is 17.3. The Kier molecular flexibility index (Phi) is 8.30. The van der Waals surface area contributed by atoms with Gasteiger partial charge in [0.25, 0.3) is 5.69 Å². The number of piperidine rings is 1. The lowest BCUT2D eigenvalue weighted by molar-refractivity contribution is -0.384. The van der Waals surface area contributed by atoms with E-state index in [1.165, 1.54) is 24.2 Å². The molecular weight excluding hydrogens is 384 g/mol. The Morgan fingerprint density at radius 1 is 1.30 bits per heavy atom. The van der Waals surface area contributed by atoms with E-state index in [1.54, 1.807) is 18.2 Å². The van der Waals surface area contributed by atoms with Crippen LogP contribution in [0.3, 0.4) is 0 Å². The summed E-state index contributed by atoms with van der Waals surface area (Å²) in [4.78, 5) is 24.8. The van der Waals surface area contributed by atoms with Gasteiger partial charge in [-0.15, -0.1) is 0 Å². The van der Waals surface area contributed by atoms with E-state index in [0.29, 0.717) is 30.9 Å². The van der Waals surface area contributed by atoms with Crippen molar-refractivity contribution in [2.45, 2.75) is 45.2 Å². The fourth-order valence-electron chi connectivity index (χ4n) is 3.22. The van der Waals surface area contributed by atoms with Gasteiger partial charge in [-0.25, -0.2) is 0 Å². The molecule has 1 aromatic carbocycles. The van der Waals surface area contributed by atoms with Gasteiger partial charge in [0, 0.05) is 31.2 Å². The number of nitrogens with one attached hydrogen (secondary N) is 2. The minimum absolute atomic E-state index is 0.0227. The molecule has 2 rings (SSSR count). The summed E-state index contributed by atoms with van der Waals surface area (Å²) >= 11 is 6.91. The molecule has 0 bridgehead atoms. The van der Waals surface area contributed by atoms with Crippen molar-refractivity contribution in [3.63, 3.8) is 0 Å². The van der Waals surface area contributed by atoms with Crippen molar-refractivity contribution in [3.05, 3.63) is 34.4 Å². The van der Waals surface area contributed by atoms with Gasteiger partial charge in [0.05, 0.1) is 10.7 Å². The second-order valence-electron chi connectivity index (χ2n) is 6.64. The predicted molar refractivity (Wildman–Crippen MR) is 114 cm³/mol. The number of hydrogen-bond acceptors (Lipinski definition) is 6. The highest BCUT2D eigenvalue weighted by Crippen LogP contribution is 2.26. The highest BCUT2D eigenvalue weighted by Gasteiger charge is 2.27. The maximum Gasteiger partial charge on any atom is 0.292 e. The normalized spacial score (nSPS) is 19.4. The van der Waals surface area contributed by atoms with Crippen LogP contribution >= 0.6 is 24.0 Å². The number of para-hydroxylation sites is 2. The molecule has 1 aliphatic rings. The summed E-state index contributed by atoms with van der Waals surface area (Å²) in [5.74, 6) is 0.185. The van der Waals surface area contributed by atoms with E-state index < -0.39 is 4.92 Å². The topological polar surface area (TPSA) is 87.5 Å². The molecule has 9 heteroatoms. The van der Waals surface area contributed by atoms with Crippen LogP contribution in [0.2, 0.25) is 0 Å². The second-order valence-corrected chi connectivity index (χ2v) is 8.25. The number of rotatable bonds is 7. The molecule has 0 radical (unpaired) electrons. The molecular formula is C18H26N4O3S2. The summed E-state index contributed by atoms with van der Waals surface area (Å²) in [5.41, 5.74) is 0.467. The maximum absolute atomic E-state index is 12.0. The van der Waals surface area contributed by atoms with Gasteiger partial charge in [0.15, 0.2) is 0 Å². The van der Waals surface area contributed by atoms with Crippen molar-refractivity contribution in [2.24, 2.45) is 0 Å². The number of carbonyl (C=O) groups excluding carboxylic acids is 1. The van der Waals surface area contributed by atoms with Crippen molar-refractivity contribution in [2.75, 3.05) is 24.2 Å². The first-order chi connectivity index (χ1) is 12.9. The lowest BCUT2D eigenvalue weighted by Gasteiger charge is -2.40. The molecule has 0 aliphatic carbocycles. The summed E-state index contributed by atoms with van der Waals surface area (Å²) < 4.78 is 0.780. The first kappa shape index (κ1) is 21.4. The van der Waals surface area contributed by atoms with Crippen molar-refractivity contribution in [3.8, 4) is 0 Å². The first-order valence-electron chi connectivity index (χ1n) is 9.09. The number of benzene rings is 1. The molecule has 1 saturated heterocycles. The maximum atomic E-state index is 12.0. The van der Waals surface area contributed by atoms with Crippen LogP contribution in [0.25, 0.3) is 0 Å². The Labute approximate surface area is 169 Å². The van der Waals surface area contributed by atoms with E-state index in [2.05, 4.69) is 29.4 Å². The van der Waals surface area contributed by atoms with Crippen LogP contribution in [0.15, 0.2) is 24.3 Å². The van der Waals surface area contributed by atoms with Crippen LogP contribution in [0.4, 0.5) is 11.4 Å². The Hall–Kier alpha value is -1.87. The number of nitro benzene ring substituents is 1. The van der Waals surface area contributed by atoms with Crippen LogP contribution in [-0.4, -0.2) is 51.0 Å². The average molecular weight is 411 g/mol. The molecule has 0 unspecified atom stereocenters. The van der Waals surface area contributed by atoms with E-state index in [9.17, 15) is 14.9 Å². The molecule has 1 amide bonds. The molecule has 148 valence electrons. The number of nitrogens with zero attached hydrogens (tertiary/aromatic N) is 2. The Bertz CT molecular complexity index is 676. The summed E-state index contributed by atoms with van der Waals surface area (Å²) in [5, 5.41) is 16.8. The van der Waals surface area contributed by atoms with E-state index in [-0.39, 0.29) is 17.3 Å². The third kappa shape index (κ3) is 6.35.